The van der Waals surface area contributed by atoms with Crippen molar-refractivity contribution >= 4 is 44.5 Å². The molecular weight excluding hydrogens is 203 g/mol. The van der Waals surface area contributed by atoms with Gasteiger partial charge in [0.25, 0.3) is 0 Å². The molecule has 1 nitrogen and oxygen atoms in total. The largest absolute Gasteiger partial charge is 0.449 e. The van der Waals surface area contributed by atoms with E-state index in [0.717, 1.165) is 5.46 Å². The van der Waals surface area contributed by atoms with E-state index in [4.69, 9.17) is 5.02 Å². The molecule has 0 saturated heterocycles. The fourth-order valence-electron chi connectivity index (χ4n) is 1.87. The van der Waals surface area contributed by atoms with Gasteiger partial charge < -0.3 is 5.02 Å². The maximum atomic E-state index is 9.11. The van der Waals surface area contributed by atoms with Crippen molar-refractivity contribution in [2.75, 3.05) is 0 Å². The minimum Gasteiger partial charge on any atom is -0.449 e. The number of rotatable bonds is 1. The normalized spacial score (nSPS) is 11.0. The van der Waals surface area contributed by atoms with Crippen molar-refractivity contribution in [2.45, 2.75) is 0 Å². The Kier molecular flexibility index (Phi) is 2.01. The zero-order valence-electron chi connectivity index (χ0n) is 8.10. The van der Waals surface area contributed by atoms with Crippen LogP contribution in [-0.4, -0.2) is 12.5 Å². The number of hydrogen-bond acceptors (Lipinski definition) is 2. The third kappa shape index (κ3) is 1.36. The maximum absolute atomic E-state index is 9.11. The predicted molar refractivity (Wildman–Crippen MR) is 68.3 cm³/mol. The van der Waals surface area contributed by atoms with Gasteiger partial charge in [0.1, 0.15) is 0 Å². The minimum absolute atomic E-state index is 0.111. The van der Waals surface area contributed by atoms with Crippen molar-refractivity contribution < 1.29 is 5.02 Å². The van der Waals surface area contributed by atoms with E-state index in [-0.39, 0.29) is 7.48 Å². The summed E-state index contributed by atoms with van der Waals surface area (Å²) < 4.78 is 2.59. The van der Waals surface area contributed by atoms with Crippen LogP contribution in [0.15, 0.2) is 42.5 Å². The molecule has 0 aliphatic carbocycles. The Hall–Kier alpha value is -1.32. The molecule has 0 atom stereocenters. The SMILES string of the molecule is OBc1ccc2sc3ccccc3c2c1. The molecule has 2 aromatic carbocycles. The highest BCUT2D eigenvalue weighted by Gasteiger charge is 2.04. The van der Waals surface area contributed by atoms with Crippen molar-refractivity contribution in [3.8, 4) is 0 Å². The second-order valence-corrected chi connectivity index (χ2v) is 4.67. The Bertz CT molecular complexity index is 630. The molecule has 0 unspecified atom stereocenters. The van der Waals surface area contributed by atoms with Crippen LogP contribution in [0, 0.1) is 0 Å². The van der Waals surface area contributed by atoms with Gasteiger partial charge >= 0.3 is 7.48 Å². The minimum atomic E-state index is 0.111. The molecule has 3 heteroatoms. The van der Waals surface area contributed by atoms with Crippen molar-refractivity contribution in [1.82, 2.24) is 0 Å². The Labute approximate surface area is 92.3 Å². The summed E-state index contributed by atoms with van der Waals surface area (Å²) in [6, 6.07) is 14.5. The molecule has 3 rings (SSSR count). The van der Waals surface area contributed by atoms with E-state index < -0.39 is 0 Å². The van der Waals surface area contributed by atoms with Gasteiger partial charge in [-0.15, -0.1) is 11.3 Å². The number of hydrogen-bond donors (Lipinski definition) is 1. The smallest absolute Gasteiger partial charge is 0.304 e. The molecule has 0 amide bonds. The Balaban J connectivity index is 2.46. The van der Waals surface area contributed by atoms with E-state index in [1.54, 1.807) is 11.3 Å². The average Bonchev–Trinajstić information content (AvgIpc) is 2.66. The maximum Gasteiger partial charge on any atom is 0.304 e. The lowest BCUT2D eigenvalue weighted by Gasteiger charge is -1.94. The molecule has 0 radical (unpaired) electrons. The molecule has 0 bridgehead atoms. The lowest BCUT2D eigenvalue weighted by Crippen LogP contribution is -2.11. The van der Waals surface area contributed by atoms with E-state index in [0.29, 0.717) is 0 Å². The molecule has 0 fully saturated rings. The summed E-state index contributed by atoms with van der Waals surface area (Å²) in [5, 5.41) is 11.6. The van der Waals surface area contributed by atoms with Gasteiger partial charge in [0.2, 0.25) is 0 Å². The van der Waals surface area contributed by atoms with Gasteiger partial charge in [-0.3, -0.25) is 0 Å². The van der Waals surface area contributed by atoms with Crippen LogP contribution in [0.5, 0.6) is 0 Å². The first kappa shape index (κ1) is 8.95. The topological polar surface area (TPSA) is 20.2 Å². The number of benzene rings is 2. The van der Waals surface area contributed by atoms with Crippen LogP contribution in [0.3, 0.4) is 0 Å². The first-order chi connectivity index (χ1) is 7.38. The summed E-state index contributed by atoms with van der Waals surface area (Å²) in [6.07, 6.45) is 0. The van der Waals surface area contributed by atoms with E-state index in [1.807, 2.05) is 6.07 Å². The molecule has 72 valence electrons. The van der Waals surface area contributed by atoms with Crippen molar-refractivity contribution in [3.63, 3.8) is 0 Å². The Morgan fingerprint density at radius 1 is 0.933 bits per heavy atom. The van der Waals surface area contributed by atoms with E-state index in [2.05, 4.69) is 36.4 Å². The van der Waals surface area contributed by atoms with Gasteiger partial charge in [-0.25, -0.2) is 0 Å². The van der Waals surface area contributed by atoms with Crippen LogP contribution >= 0.6 is 11.3 Å². The monoisotopic (exact) mass is 212 g/mol. The van der Waals surface area contributed by atoms with Gasteiger partial charge in [0, 0.05) is 14.8 Å². The first-order valence-electron chi connectivity index (χ1n) is 4.89. The summed E-state index contributed by atoms with van der Waals surface area (Å²) in [5.74, 6) is 0. The van der Waals surface area contributed by atoms with Crippen LogP contribution < -0.4 is 5.46 Å². The second-order valence-electron chi connectivity index (χ2n) is 3.59. The average molecular weight is 212 g/mol. The Morgan fingerprint density at radius 2 is 1.73 bits per heavy atom. The predicted octanol–water partition coefficient (Wildman–Crippen LogP) is 2.02. The number of fused-ring (bicyclic) bond motifs is 3. The fraction of sp³-hybridized carbons (Fsp3) is 0. The first-order valence-corrected chi connectivity index (χ1v) is 5.71. The van der Waals surface area contributed by atoms with Gasteiger partial charge in [-0.05, 0) is 17.5 Å². The van der Waals surface area contributed by atoms with Crippen LogP contribution in [0.4, 0.5) is 0 Å². The van der Waals surface area contributed by atoms with Gasteiger partial charge in [-0.1, -0.05) is 35.8 Å². The summed E-state index contributed by atoms with van der Waals surface area (Å²) in [7, 11) is 0.111. The summed E-state index contributed by atoms with van der Waals surface area (Å²) in [4.78, 5) is 0. The molecule has 1 heterocycles. The second kappa shape index (κ2) is 3.37. The molecule has 1 aromatic heterocycles. The molecule has 0 saturated carbocycles. The molecular formula is C12H9BOS. The Morgan fingerprint density at radius 3 is 2.60 bits per heavy atom. The van der Waals surface area contributed by atoms with E-state index in [1.165, 1.54) is 20.2 Å². The fourth-order valence-corrected chi connectivity index (χ4v) is 2.96. The highest BCUT2D eigenvalue weighted by Crippen LogP contribution is 2.32. The number of thiophene rings is 1. The van der Waals surface area contributed by atoms with Gasteiger partial charge in [0.15, 0.2) is 0 Å². The standard InChI is InChI=1S/C12H9BOS/c14-13-8-5-6-12-10(7-8)9-3-1-2-4-11(9)15-12/h1-7,13-14H. The molecule has 1 N–H and O–H groups in total. The summed E-state index contributed by atoms with van der Waals surface area (Å²) >= 11 is 1.80. The molecule has 15 heavy (non-hydrogen) atoms. The zero-order valence-corrected chi connectivity index (χ0v) is 8.92. The lowest BCUT2D eigenvalue weighted by molar-refractivity contribution is 0.615. The molecule has 0 aliphatic heterocycles. The van der Waals surface area contributed by atoms with Crippen molar-refractivity contribution in [1.29, 1.82) is 0 Å². The third-order valence-corrected chi connectivity index (χ3v) is 3.78. The van der Waals surface area contributed by atoms with Crippen molar-refractivity contribution in [2.24, 2.45) is 0 Å². The summed E-state index contributed by atoms with van der Waals surface area (Å²) in [6.45, 7) is 0. The lowest BCUT2D eigenvalue weighted by atomic mass is 9.88. The highest BCUT2D eigenvalue weighted by atomic mass is 32.1. The van der Waals surface area contributed by atoms with E-state index >= 15 is 0 Å². The highest BCUT2D eigenvalue weighted by molar-refractivity contribution is 7.25. The molecule has 3 aromatic rings. The molecule has 0 spiro atoms. The van der Waals surface area contributed by atoms with Crippen molar-refractivity contribution in [3.05, 3.63) is 42.5 Å². The van der Waals surface area contributed by atoms with Gasteiger partial charge in [0.05, 0.1) is 0 Å². The van der Waals surface area contributed by atoms with Gasteiger partial charge in [-0.2, -0.15) is 0 Å². The zero-order chi connectivity index (χ0) is 10.3. The third-order valence-electron chi connectivity index (χ3n) is 2.62. The van der Waals surface area contributed by atoms with Crippen LogP contribution in [0.2, 0.25) is 0 Å². The molecule has 0 aliphatic rings. The van der Waals surface area contributed by atoms with Crippen LogP contribution in [0.25, 0.3) is 20.2 Å². The summed E-state index contributed by atoms with van der Waals surface area (Å²) in [5.41, 5.74) is 0.978. The van der Waals surface area contributed by atoms with E-state index in [9.17, 15) is 0 Å². The van der Waals surface area contributed by atoms with Crippen LogP contribution in [0.1, 0.15) is 0 Å². The quantitative estimate of drug-likeness (QED) is 0.612. The van der Waals surface area contributed by atoms with Crippen LogP contribution in [-0.2, 0) is 0 Å².